The van der Waals surface area contributed by atoms with Crippen LogP contribution in [0.4, 0.5) is 4.79 Å². The van der Waals surface area contributed by atoms with Gasteiger partial charge >= 0.3 is 6.09 Å². The number of carbonyl (C=O) groups excluding carboxylic acids is 3. The Morgan fingerprint density at radius 1 is 1.12 bits per heavy atom. The van der Waals surface area contributed by atoms with Crippen molar-refractivity contribution in [2.75, 3.05) is 18.6 Å². The van der Waals surface area contributed by atoms with Gasteiger partial charge in [-0.05, 0) is 78.9 Å². The molecule has 0 radical (unpaired) electrons. The highest BCUT2D eigenvalue weighted by atomic mass is 32.2. The molecule has 0 heterocycles. The third kappa shape index (κ3) is 10.4. The van der Waals surface area contributed by atoms with E-state index in [1.54, 1.807) is 37.4 Å². The van der Waals surface area contributed by atoms with E-state index in [9.17, 15) is 14.4 Å². The Kier molecular flexibility index (Phi) is 11.4. The highest BCUT2D eigenvalue weighted by molar-refractivity contribution is 7.98. The number of hydrogen-bond acceptors (Lipinski definition) is 5. The molecule has 192 valence electrons. The summed E-state index contributed by atoms with van der Waals surface area (Å²) in [6.07, 6.45) is 2.40. The van der Waals surface area contributed by atoms with Crippen LogP contribution in [0.15, 0.2) is 24.3 Å². The number of amides is 3. The van der Waals surface area contributed by atoms with Gasteiger partial charge in [-0.2, -0.15) is 11.8 Å². The van der Waals surface area contributed by atoms with Gasteiger partial charge in [0.05, 0.1) is 0 Å². The van der Waals surface area contributed by atoms with Gasteiger partial charge in [-0.3, -0.25) is 9.59 Å². The Labute approximate surface area is 209 Å². The summed E-state index contributed by atoms with van der Waals surface area (Å²) in [5, 5.41) is 5.79. The first kappa shape index (κ1) is 29.8. The molecule has 34 heavy (non-hydrogen) atoms. The highest BCUT2D eigenvalue weighted by Crippen LogP contribution is 2.25. The maximum absolute atomic E-state index is 13.9. The Balaban J connectivity index is 3.42. The van der Waals surface area contributed by atoms with Crippen LogP contribution < -0.4 is 10.6 Å². The van der Waals surface area contributed by atoms with E-state index in [1.165, 1.54) is 0 Å². The van der Waals surface area contributed by atoms with E-state index in [0.717, 1.165) is 11.1 Å². The SMILES string of the molecule is CCCN(C(=O)C(CCSC)NC(=O)OC(C)(C)C)C(C(=O)NC(C)(C)C)c1cccc(C)c1. The van der Waals surface area contributed by atoms with Crippen LogP contribution in [-0.2, 0) is 14.3 Å². The smallest absolute Gasteiger partial charge is 0.408 e. The van der Waals surface area contributed by atoms with Gasteiger partial charge in [-0.25, -0.2) is 4.79 Å². The summed E-state index contributed by atoms with van der Waals surface area (Å²) in [4.78, 5) is 41.5. The lowest BCUT2D eigenvalue weighted by atomic mass is 9.99. The number of nitrogens with one attached hydrogen (secondary N) is 2. The number of carbonyl (C=O) groups is 3. The molecule has 0 aliphatic rings. The summed E-state index contributed by atoms with van der Waals surface area (Å²) in [5.41, 5.74) is 0.592. The predicted molar refractivity (Wildman–Crippen MR) is 140 cm³/mol. The number of alkyl carbamates (subject to hydrolysis) is 1. The van der Waals surface area contributed by atoms with E-state index < -0.39 is 29.3 Å². The minimum absolute atomic E-state index is 0.249. The van der Waals surface area contributed by atoms with Gasteiger partial charge in [0, 0.05) is 12.1 Å². The Morgan fingerprint density at radius 2 is 1.76 bits per heavy atom. The fourth-order valence-electron chi connectivity index (χ4n) is 3.50. The monoisotopic (exact) mass is 493 g/mol. The summed E-state index contributed by atoms with van der Waals surface area (Å²) in [5.74, 6) is 0.133. The van der Waals surface area contributed by atoms with Crippen LogP contribution in [0, 0.1) is 6.92 Å². The van der Waals surface area contributed by atoms with Gasteiger partial charge in [-0.1, -0.05) is 36.8 Å². The minimum atomic E-state index is -0.816. The zero-order valence-electron chi connectivity index (χ0n) is 22.3. The lowest BCUT2D eigenvalue weighted by Gasteiger charge is -2.36. The number of hydrogen-bond donors (Lipinski definition) is 2. The molecule has 0 spiro atoms. The molecular formula is C26H43N3O4S. The molecule has 3 amide bonds. The average Bonchev–Trinajstić information content (AvgIpc) is 2.67. The van der Waals surface area contributed by atoms with Crippen LogP contribution in [0.25, 0.3) is 0 Å². The van der Waals surface area contributed by atoms with Gasteiger partial charge in [0.25, 0.3) is 0 Å². The van der Waals surface area contributed by atoms with Crippen LogP contribution in [-0.4, -0.2) is 58.5 Å². The molecule has 0 saturated heterocycles. The lowest BCUT2D eigenvalue weighted by Crippen LogP contribution is -2.55. The summed E-state index contributed by atoms with van der Waals surface area (Å²) in [6.45, 7) is 15.4. The van der Waals surface area contributed by atoms with Crippen molar-refractivity contribution < 1.29 is 19.1 Å². The van der Waals surface area contributed by atoms with Crippen molar-refractivity contribution in [3.05, 3.63) is 35.4 Å². The van der Waals surface area contributed by atoms with Crippen molar-refractivity contribution in [3.63, 3.8) is 0 Å². The first-order chi connectivity index (χ1) is 15.7. The molecule has 0 aliphatic carbocycles. The van der Waals surface area contributed by atoms with Crippen molar-refractivity contribution >= 4 is 29.7 Å². The molecular weight excluding hydrogens is 450 g/mol. The van der Waals surface area contributed by atoms with E-state index in [0.29, 0.717) is 25.1 Å². The molecule has 2 atom stereocenters. The van der Waals surface area contributed by atoms with Crippen molar-refractivity contribution in [3.8, 4) is 0 Å². The van der Waals surface area contributed by atoms with E-state index in [1.807, 2.05) is 65.1 Å². The molecule has 0 bridgehead atoms. The molecule has 0 fully saturated rings. The summed E-state index contributed by atoms with van der Waals surface area (Å²) in [7, 11) is 0. The Hall–Kier alpha value is -2.22. The first-order valence-electron chi connectivity index (χ1n) is 11.9. The maximum Gasteiger partial charge on any atom is 0.408 e. The zero-order chi connectivity index (χ0) is 26.1. The highest BCUT2D eigenvalue weighted by Gasteiger charge is 2.36. The summed E-state index contributed by atoms with van der Waals surface area (Å²) in [6, 6.07) is 6.03. The number of nitrogens with zero attached hydrogens (tertiary/aromatic N) is 1. The van der Waals surface area contributed by atoms with Crippen LogP contribution >= 0.6 is 11.8 Å². The second-order valence-corrected chi connectivity index (χ2v) is 11.6. The molecule has 1 aromatic carbocycles. The number of aryl methyl sites for hydroxylation is 1. The topological polar surface area (TPSA) is 87.7 Å². The minimum Gasteiger partial charge on any atom is -0.444 e. The quantitative estimate of drug-likeness (QED) is 0.487. The van der Waals surface area contributed by atoms with Crippen molar-refractivity contribution in [1.82, 2.24) is 15.5 Å². The van der Waals surface area contributed by atoms with Crippen LogP contribution in [0.2, 0.25) is 0 Å². The molecule has 0 aliphatic heterocycles. The van der Waals surface area contributed by atoms with Gasteiger partial charge in [-0.15, -0.1) is 0 Å². The molecule has 8 heteroatoms. The number of thioether (sulfide) groups is 1. The molecule has 0 aromatic heterocycles. The molecule has 2 N–H and O–H groups in total. The van der Waals surface area contributed by atoms with Gasteiger partial charge in [0.15, 0.2) is 0 Å². The Morgan fingerprint density at radius 3 is 2.26 bits per heavy atom. The van der Waals surface area contributed by atoms with Gasteiger partial charge < -0.3 is 20.3 Å². The van der Waals surface area contributed by atoms with Gasteiger partial charge in [0.1, 0.15) is 17.7 Å². The average molecular weight is 494 g/mol. The van der Waals surface area contributed by atoms with Crippen molar-refractivity contribution in [1.29, 1.82) is 0 Å². The fraction of sp³-hybridized carbons (Fsp3) is 0.654. The van der Waals surface area contributed by atoms with Crippen molar-refractivity contribution in [2.45, 2.75) is 91.5 Å². The van der Waals surface area contributed by atoms with E-state index in [2.05, 4.69) is 10.6 Å². The molecule has 2 unspecified atom stereocenters. The third-order valence-electron chi connectivity index (χ3n) is 4.76. The molecule has 0 saturated carbocycles. The van der Waals surface area contributed by atoms with Crippen LogP contribution in [0.3, 0.4) is 0 Å². The standard InChI is InChI=1S/C26H43N3O4S/c1-10-15-29(23(31)20(14-16-34-9)27-24(32)33-26(6,7)8)21(22(30)28-25(3,4)5)19-13-11-12-18(2)17-19/h11-13,17,20-21H,10,14-16H2,1-9H3,(H,27,32)(H,28,30). The normalized spacial score (nSPS) is 13.6. The molecule has 1 rings (SSSR count). The number of ether oxygens (including phenoxy) is 1. The first-order valence-corrected chi connectivity index (χ1v) is 13.3. The van der Waals surface area contributed by atoms with Crippen molar-refractivity contribution in [2.24, 2.45) is 0 Å². The number of rotatable bonds is 10. The van der Waals surface area contributed by atoms with Crippen LogP contribution in [0.5, 0.6) is 0 Å². The van der Waals surface area contributed by atoms with Gasteiger partial charge in [0.2, 0.25) is 11.8 Å². The number of benzene rings is 1. The lowest BCUT2D eigenvalue weighted by molar-refractivity contribution is -0.143. The summed E-state index contributed by atoms with van der Waals surface area (Å²) < 4.78 is 5.41. The van der Waals surface area contributed by atoms with E-state index >= 15 is 0 Å². The second kappa shape index (κ2) is 13.0. The fourth-order valence-corrected chi connectivity index (χ4v) is 3.97. The second-order valence-electron chi connectivity index (χ2n) is 10.6. The largest absolute Gasteiger partial charge is 0.444 e. The Bertz CT molecular complexity index is 830. The van der Waals surface area contributed by atoms with E-state index in [4.69, 9.17) is 4.74 Å². The zero-order valence-corrected chi connectivity index (χ0v) is 23.1. The molecule has 7 nitrogen and oxygen atoms in total. The predicted octanol–water partition coefficient (Wildman–Crippen LogP) is 4.84. The van der Waals surface area contributed by atoms with E-state index in [-0.39, 0.29) is 11.8 Å². The summed E-state index contributed by atoms with van der Waals surface area (Å²) >= 11 is 1.59. The maximum atomic E-state index is 13.9. The molecule has 1 aromatic rings. The third-order valence-corrected chi connectivity index (χ3v) is 5.41. The van der Waals surface area contributed by atoms with Crippen LogP contribution in [0.1, 0.15) is 78.5 Å².